The van der Waals surface area contributed by atoms with Gasteiger partial charge in [-0.05, 0) is 24.7 Å². The van der Waals surface area contributed by atoms with Gasteiger partial charge in [-0.25, -0.2) is 0 Å². The number of nitrogens with one attached hydrogen (secondary N) is 1. The molecule has 1 aromatic rings. The Morgan fingerprint density at radius 3 is 2.46 bits per heavy atom. The van der Waals surface area contributed by atoms with Gasteiger partial charge in [-0.1, -0.05) is 12.1 Å². The molecule has 0 aromatic heterocycles. The zero-order valence-corrected chi connectivity index (χ0v) is 15.5. The monoisotopic (exact) mass is 376 g/mol. The second-order valence-electron chi connectivity index (χ2n) is 5.65. The molecule has 1 aromatic carbocycles. The van der Waals surface area contributed by atoms with Crippen LogP contribution in [0.25, 0.3) is 0 Å². The third kappa shape index (κ3) is 7.05. The second-order valence-corrected chi connectivity index (χ2v) is 5.65. The summed E-state index contributed by atoms with van der Waals surface area (Å²) >= 11 is 0. The zero-order chi connectivity index (χ0) is 15.9. The molecule has 0 saturated carbocycles. The van der Waals surface area contributed by atoms with Gasteiger partial charge in [0.15, 0.2) is 0 Å². The fourth-order valence-electron chi connectivity index (χ4n) is 2.46. The quantitative estimate of drug-likeness (QED) is 0.807. The van der Waals surface area contributed by atoms with Crippen LogP contribution in [0.1, 0.15) is 12.0 Å². The van der Waals surface area contributed by atoms with Gasteiger partial charge < -0.3 is 20.9 Å². The van der Waals surface area contributed by atoms with Crippen LogP contribution < -0.4 is 11.1 Å². The first kappa shape index (κ1) is 22.7. The van der Waals surface area contributed by atoms with Gasteiger partial charge in [-0.2, -0.15) is 0 Å². The fourth-order valence-corrected chi connectivity index (χ4v) is 2.46. The molecule has 2 amide bonds. The molecule has 2 rings (SSSR count). The summed E-state index contributed by atoms with van der Waals surface area (Å²) in [5.74, 6) is 0.0311. The van der Waals surface area contributed by atoms with Crippen LogP contribution in [0.5, 0.6) is 0 Å². The normalized spacial score (nSPS) is 14.3. The highest BCUT2D eigenvalue weighted by atomic mass is 35.5. The first-order valence-corrected chi connectivity index (χ1v) is 7.63. The number of rotatable bonds is 5. The van der Waals surface area contributed by atoms with Gasteiger partial charge in [0.25, 0.3) is 0 Å². The Kier molecular flexibility index (Phi) is 10.6. The number of likely N-dealkylation sites (N-methyl/N-ethyl adjacent to an activating group) is 1. The van der Waals surface area contributed by atoms with Crippen molar-refractivity contribution in [2.24, 2.45) is 5.73 Å². The molecule has 6 nitrogen and oxygen atoms in total. The Morgan fingerprint density at radius 1 is 1.17 bits per heavy atom. The van der Waals surface area contributed by atoms with Crippen molar-refractivity contribution in [3.63, 3.8) is 0 Å². The van der Waals surface area contributed by atoms with E-state index in [4.69, 9.17) is 5.73 Å². The van der Waals surface area contributed by atoms with Crippen molar-refractivity contribution in [3.05, 3.63) is 29.8 Å². The molecule has 1 heterocycles. The van der Waals surface area contributed by atoms with Gasteiger partial charge in [0.2, 0.25) is 11.8 Å². The van der Waals surface area contributed by atoms with Crippen molar-refractivity contribution in [1.29, 1.82) is 0 Å². The van der Waals surface area contributed by atoms with E-state index in [1.54, 1.807) is 0 Å². The van der Waals surface area contributed by atoms with Crippen LogP contribution in [0.15, 0.2) is 24.3 Å². The molecule has 0 atom stereocenters. The lowest BCUT2D eigenvalue weighted by atomic mass is 10.1. The summed E-state index contributed by atoms with van der Waals surface area (Å²) in [6, 6.07) is 7.43. The average Bonchev–Trinajstić information content (AvgIpc) is 2.48. The summed E-state index contributed by atoms with van der Waals surface area (Å²) in [5.41, 5.74) is 6.98. The lowest BCUT2D eigenvalue weighted by Crippen LogP contribution is -2.47. The predicted octanol–water partition coefficient (Wildman–Crippen LogP) is 1.13. The van der Waals surface area contributed by atoms with Crippen LogP contribution in [0.2, 0.25) is 0 Å². The first-order valence-electron chi connectivity index (χ1n) is 7.63. The molecule has 0 radical (unpaired) electrons. The van der Waals surface area contributed by atoms with Crippen LogP contribution >= 0.6 is 24.8 Å². The van der Waals surface area contributed by atoms with E-state index in [0.29, 0.717) is 25.1 Å². The van der Waals surface area contributed by atoms with Gasteiger partial charge in [0, 0.05) is 44.8 Å². The predicted molar refractivity (Wildman–Crippen MR) is 101 cm³/mol. The van der Waals surface area contributed by atoms with Crippen molar-refractivity contribution in [2.45, 2.75) is 12.8 Å². The maximum atomic E-state index is 12.3. The zero-order valence-electron chi connectivity index (χ0n) is 13.9. The van der Waals surface area contributed by atoms with Crippen LogP contribution in [-0.2, 0) is 16.0 Å². The first-order chi connectivity index (χ1) is 10.6. The molecule has 136 valence electrons. The minimum atomic E-state index is -0.106. The van der Waals surface area contributed by atoms with E-state index in [1.807, 2.05) is 29.2 Å². The van der Waals surface area contributed by atoms with Gasteiger partial charge in [-0.3, -0.25) is 9.59 Å². The van der Waals surface area contributed by atoms with E-state index in [0.717, 1.165) is 31.7 Å². The molecule has 1 aliphatic heterocycles. The highest BCUT2D eigenvalue weighted by molar-refractivity contribution is 5.91. The maximum absolute atomic E-state index is 12.3. The lowest BCUT2D eigenvalue weighted by Gasteiger charge is -2.32. The molecule has 1 aliphatic rings. The van der Waals surface area contributed by atoms with Gasteiger partial charge in [0.1, 0.15) is 0 Å². The minimum absolute atomic E-state index is 0. The number of anilines is 1. The summed E-state index contributed by atoms with van der Waals surface area (Å²) in [6.07, 6.45) is 0.661. The largest absolute Gasteiger partial charge is 0.340 e. The summed E-state index contributed by atoms with van der Waals surface area (Å²) in [7, 11) is 2.06. The number of carbonyl (C=O) groups excluding carboxylic acids is 2. The smallest absolute Gasteiger partial charge is 0.227 e. The van der Waals surface area contributed by atoms with Gasteiger partial charge in [-0.15, -0.1) is 24.8 Å². The molecular formula is C16H26Cl2N4O2. The Hall–Kier alpha value is -1.34. The number of nitrogens with two attached hydrogens (primary N) is 1. The van der Waals surface area contributed by atoms with Crippen LogP contribution in [-0.4, -0.2) is 61.4 Å². The maximum Gasteiger partial charge on any atom is 0.227 e. The summed E-state index contributed by atoms with van der Waals surface area (Å²) in [6.45, 7) is 3.72. The van der Waals surface area contributed by atoms with Gasteiger partial charge in [0.05, 0.1) is 6.42 Å². The number of hydrogen-bond donors (Lipinski definition) is 2. The number of piperazine rings is 1. The minimum Gasteiger partial charge on any atom is -0.340 e. The Bertz CT molecular complexity index is 535. The summed E-state index contributed by atoms with van der Waals surface area (Å²) < 4.78 is 0. The molecule has 1 fully saturated rings. The number of carbonyl (C=O) groups is 2. The third-order valence-corrected chi connectivity index (χ3v) is 3.79. The molecule has 24 heavy (non-hydrogen) atoms. The fraction of sp³-hybridized carbons (Fsp3) is 0.500. The topological polar surface area (TPSA) is 78.7 Å². The Balaban J connectivity index is 0.00000264. The van der Waals surface area contributed by atoms with Crippen molar-refractivity contribution >= 4 is 42.3 Å². The Morgan fingerprint density at radius 2 is 1.83 bits per heavy atom. The van der Waals surface area contributed by atoms with E-state index in [1.165, 1.54) is 0 Å². The highest BCUT2D eigenvalue weighted by Gasteiger charge is 2.19. The average molecular weight is 377 g/mol. The standard InChI is InChI=1S/C16H24N4O2.2ClH/c1-19-7-9-20(10-8-19)16(22)12-13-3-2-4-14(11-13)18-15(21)5-6-17;;/h2-4,11H,5-10,12,17H2,1H3,(H,18,21);2*1H. The molecule has 0 aliphatic carbocycles. The molecule has 0 unspecified atom stereocenters. The molecule has 1 saturated heterocycles. The number of halogens is 2. The second kappa shape index (κ2) is 11.3. The van der Waals surface area contributed by atoms with E-state index in [9.17, 15) is 9.59 Å². The van der Waals surface area contributed by atoms with E-state index in [-0.39, 0.29) is 36.6 Å². The number of nitrogens with zero attached hydrogens (tertiary/aromatic N) is 2. The SMILES string of the molecule is CN1CCN(C(=O)Cc2cccc(NC(=O)CCN)c2)CC1.Cl.Cl. The molecule has 0 bridgehead atoms. The number of benzene rings is 1. The van der Waals surface area contributed by atoms with Gasteiger partial charge >= 0.3 is 0 Å². The Labute approximate surface area is 155 Å². The molecule has 8 heteroatoms. The summed E-state index contributed by atoms with van der Waals surface area (Å²) in [4.78, 5) is 28.0. The summed E-state index contributed by atoms with van der Waals surface area (Å²) in [5, 5.41) is 2.79. The molecular weight excluding hydrogens is 351 g/mol. The van der Waals surface area contributed by atoms with Crippen molar-refractivity contribution < 1.29 is 9.59 Å². The lowest BCUT2D eigenvalue weighted by molar-refractivity contribution is -0.132. The van der Waals surface area contributed by atoms with Crippen molar-refractivity contribution in [1.82, 2.24) is 9.80 Å². The van der Waals surface area contributed by atoms with E-state index >= 15 is 0 Å². The molecule has 3 N–H and O–H groups in total. The highest BCUT2D eigenvalue weighted by Crippen LogP contribution is 2.13. The van der Waals surface area contributed by atoms with Crippen molar-refractivity contribution in [2.75, 3.05) is 45.1 Å². The third-order valence-electron chi connectivity index (χ3n) is 3.79. The van der Waals surface area contributed by atoms with E-state index < -0.39 is 0 Å². The molecule has 0 spiro atoms. The number of amides is 2. The van der Waals surface area contributed by atoms with Crippen LogP contribution in [0.4, 0.5) is 5.69 Å². The number of hydrogen-bond acceptors (Lipinski definition) is 4. The van der Waals surface area contributed by atoms with E-state index in [2.05, 4.69) is 17.3 Å². The van der Waals surface area contributed by atoms with Crippen molar-refractivity contribution in [3.8, 4) is 0 Å². The van der Waals surface area contributed by atoms with Crippen LogP contribution in [0.3, 0.4) is 0 Å². The van der Waals surface area contributed by atoms with Crippen LogP contribution in [0, 0.1) is 0 Å².